The van der Waals surface area contributed by atoms with Gasteiger partial charge in [0.25, 0.3) is 0 Å². The van der Waals surface area contributed by atoms with Gasteiger partial charge in [-0.25, -0.2) is 0 Å². The average Bonchev–Trinajstić information content (AvgIpc) is 2.91. The fourth-order valence-corrected chi connectivity index (χ4v) is 3.32. The van der Waals surface area contributed by atoms with Gasteiger partial charge in [0.05, 0.1) is 6.10 Å². The van der Waals surface area contributed by atoms with Gasteiger partial charge in [-0.05, 0) is 43.9 Å². The molecule has 1 atom stereocenters. The second-order valence-electron chi connectivity index (χ2n) is 6.68. The molecule has 2 aliphatic heterocycles. The molecule has 0 amide bonds. The number of rotatable bonds is 7. The predicted molar refractivity (Wildman–Crippen MR) is 78.4 cm³/mol. The van der Waals surface area contributed by atoms with Gasteiger partial charge >= 0.3 is 0 Å². The van der Waals surface area contributed by atoms with Gasteiger partial charge in [-0.1, -0.05) is 20.3 Å². The van der Waals surface area contributed by atoms with Crippen molar-refractivity contribution in [1.82, 2.24) is 5.32 Å². The van der Waals surface area contributed by atoms with Crippen LogP contribution in [0.2, 0.25) is 0 Å². The van der Waals surface area contributed by atoms with Crippen LogP contribution in [0.5, 0.6) is 0 Å². The van der Waals surface area contributed by atoms with Crippen molar-refractivity contribution in [2.75, 3.05) is 26.4 Å². The zero-order valence-corrected chi connectivity index (χ0v) is 12.7. The normalized spacial score (nSPS) is 27.0. The van der Waals surface area contributed by atoms with E-state index < -0.39 is 0 Å². The van der Waals surface area contributed by atoms with Crippen LogP contribution >= 0.6 is 0 Å². The summed E-state index contributed by atoms with van der Waals surface area (Å²) in [6, 6.07) is 0.581. The van der Waals surface area contributed by atoms with Crippen LogP contribution < -0.4 is 5.32 Å². The summed E-state index contributed by atoms with van der Waals surface area (Å²) in [5.41, 5.74) is 0.473. The Morgan fingerprint density at radius 1 is 1.21 bits per heavy atom. The smallest absolute Gasteiger partial charge is 0.0576 e. The van der Waals surface area contributed by atoms with Gasteiger partial charge in [0.1, 0.15) is 0 Å². The Morgan fingerprint density at radius 2 is 2.00 bits per heavy atom. The maximum atomic E-state index is 5.73. The van der Waals surface area contributed by atoms with Gasteiger partial charge in [0.2, 0.25) is 0 Å². The lowest BCUT2D eigenvalue weighted by atomic mass is 9.75. The van der Waals surface area contributed by atoms with Crippen LogP contribution in [0.4, 0.5) is 0 Å². The van der Waals surface area contributed by atoms with Crippen molar-refractivity contribution in [3.63, 3.8) is 0 Å². The molecule has 2 aliphatic rings. The van der Waals surface area contributed by atoms with E-state index in [2.05, 4.69) is 19.2 Å². The first-order valence-corrected chi connectivity index (χ1v) is 8.13. The predicted octanol–water partition coefficient (Wildman–Crippen LogP) is 3.13. The average molecular weight is 269 g/mol. The molecular formula is C16H31NO2. The minimum atomic E-state index is 0.473. The van der Waals surface area contributed by atoms with E-state index in [1.807, 2.05) is 0 Å². The van der Waals surface area contributed by atoms with Gasteiger partial charge in [0.15, 0.2) is 0 Å². The molecule has 0 saturated carbocycles. The van der Waals surface area contributed by atoms with Crippen LogP contribution in [-0.2, 0) is 9.47 Å². The fourth-order valence-electron chi connectivity index (χ4n) is 3.32. The number of hydrogen-bond acceptors (Lipinski definition) is 3. The lowest BCUT2D eigenvalue weighted by Crippen LogP contribution is -2.41. The topological polar surface area (TPSA) is 30.5 Å². The van der Waals surface area contributed by atoms with Gasteiger partial charge in [-0.3, -0.25) is 0 Å². The molecule has 0 aromatic heterocycles. The number of ether oxygens (including phenoxy) is 2. The molecule has 1 unspecified atom stereocenters. The molecule has 0 aromatic rings. The minimum Gasteiger partial charge on any atom is -0.381 e. The Balaban J connectivity index is 1.75. The third kappa shape index (κ3) is 5.05. The largest absolute Gasteiger partial charge is 0.381 e. The first kappa shape index (κ1) is 15.3. The first-order chi connectivity index (χ1) is 9.20. The van der Waals surface area contributed by atoms with E-state index >= 15 is 0 Å². The molecule has 3 nitrogen and oxygen atoms in total. The van der Waals surface area contributed by atoms with Gasteiger partial charge < -0.3 is 14.8 Å². The molecule has 3 heteroatoms. The molecule has 0 aromatic carbocycles. The van der Waals surface area contributed by atoms with E-state index in [0.717, 1.165) is 26.4 Å². The van der Waals surface area contributed by atoms with E-state index in [4.69, 9.17) is 9.47 Å². The summed E-state index contributed by atoms with van der Waals surface area (Å²) < 4.78 is 11.3. The lowest BCUT2D eigenvalue weighted by molar-refractivity contribution is 0.00595. The highest BCUT2D eigenvalue weighted by atomic mass is 16.5. The molecule has 2 rings (SSSR count). The van der Waals surface area contributed by atoms with E-state index in [0.29, 0.717) is 17.6 Å². The van der Waals surface area contributed by atoms with Crippen molar-refractivity contribution in [3.05, 3.63) is 0 Å². The van der Waals surface area contributed by atoms with E-state index in [-0.39, 0.29) is 0 Å². The summed E-state index contributed by atoms with van der Waals surface area (Å²) in [5.74, 6) is 0. The summed E-state index contributed by atoms with van der Waals surface area (Å²) in [5, 5.41) is 3.65. The molecular weight excluding hydrogens is 238 g/mol. The Bertz CT molecular complexity index is 243. The molecule has 0 spiro atoms. The highest BCUT2D eigenvalue weighted by molar-refractivity contribution is 4.85. The molecule has 0 aliphatic carbocycles. The zero-order valence-electron chi connectivity index (χ0n) is 12.7. The molecule has 1 N–H and O–H groups in total. The zero-order chi connectivity index (χ0) is 13.6. The van der Waals surface area contributed by atoms with Crippen LogP contribution in [0.3, 0.4) is 0 Å². The minimum absolute atomic E-state index is 0.473. The van der Waals surface area contributed by atoms with Crippen molar-refractivity contribution in [2.24, 2.45) is 5.41 Å². The van der Waals surface area contributed by atoms with E-state index in [1.165, 1.54) is 44.9 Å². The quantitative estimate of drug-likeness (QED) is 0.770. The molecule has 2 saturated heterocycles. The summed E-state index contributed by atoms with van der Waals surface area (Å²) in [4.78, 5) is 0. The van der Waals surface area contributed by atoms with Crippen LogP contribution in [0, 0.1) is 5.41 Å². The molecule has 0 radical (unpaired) electrons. The van der Waals surface area contributed by atoms with Crippen molar-refractivity contribution in [2.45, 2.75) is 70.9 Å². The Kier molecular flexibility index (Phi) is 6.11. The van der Waals surface area contributed by atoms with Crippen LogP contribution in [0.25, 0.3) is 0 Å². The van der Waals surface area contributed by atoms with Gasteiger partial charge in [-0.15, -0.1) is 0 Å². The van der Waals surface area contributed by atoms with Crippen molar-refractivity contribution in [1.29, 1.82) is 0 Å². The highest BCUT2D eigenvalue weighted by Gasteiger charge is 2.32. The van der Waals surface area contributed by atoms with Crippen LogP contribution in [0.1, 0.15) is 58.8 Å². The van der Waals surface area contributed by atoms with Gasteiger partial charge in [0, 0.05) is 32.4 Å². The maximum absolute atomic E-state index is 5.73. The first-order valence-electron chi connectivity index (χ1n) is 8.13. The highest BCUT2D eigenvalue weighted by Crippen LogP contribution is 2.36. The second-order valence-corrected chi connectivity index (χ2v) is 6.68. The van der Waals surface area contributed by atoms with Crippen LogP contribution in [-0.4, -0.2) is 38.5 Å². The Labute approximate surface area is 118 Å². The third-order valence-corrected chi connectivity index (χ3v) is 4.70. The molecule has 2 fully saturated rings. The van der Waals surface area contributed by atoms with Crippen molar-refractivity contribution >= 4 is 0 Å². The van der Waals surface area contributed by atoms with Gasteiger partial charge in [-0.2, -0.15) is 0 Å². The number of nitrogens with one attached hydrogen (secondary N) is 1. The monoisotopic (exact) mass is 269 g/mol. The molecule has 112 valence electrons. The van der Waals surface area contributed by atoms with Crippen LogP contribution in [0.15, 0.2) is 0 Å². The van der Waals surface area contributed by atoms with E-state index in [9.17, 15) is 0 Å². The summed E-state index contributed by atoms with van der Waals surface area (Å²) >= 11 is 0. The second kappa shape index (κ2) is 7.61. The summed E-state index contributed by atoms with van der Waals surface area (Å²) in [7, 11) is 0. The van der Waals surface area contributed by atoms with Crippen molar-refractivity contribution < 1.29 is 9.47 Å². The Morgan fingerprint density at radius 3 is 2.63 bits per heavy atom. The number of hydrogen-bond donors (Lipinski definition) is 1. The summed E-state index contributed by atoms with van der Waals surface area (Å²) in [6.07, 6.45) is 9.43. The standard InChI is InChI=1S/C16H31NO2/c1-14(2)17-13-16(8-11-18-12-9-16)7-3-5-15-6-4-10-19-15/h14-15,17H,3-13H2,1-2H3. The SMILES string of the molecule is CC(C)NCC1(CCCC2CCCO2)CCOCC1. The van der Waals surface area contributed by atoms with E-state index in [1.54, 1.807) is 0 Å². The fraction of sp³-hybridized carbons (Fsp3) is 1.00. The van der Waals surface area contributed by atoms with Crippen molar-refractivity contribution in [3.8, 4) is 0 Å². The molecule has 19 heavy (non-hydrogen) atoms. The molecule has 2 heterocycles. The lowest BCUT2D eigenvalue weighted by Gasteiger charge is -2.38. The third-order valence-electron chi connectivity index (χ3n) is 4.70. The Hall–Kier alpha value is -0.120. The maximum Gasteiger partial charge on any atom is 0.0576 e. The molecule has 0 bridgehead atoms. The summed E-state index contributed by atoms with van der Waals surface area (Å²) in [6.45, 7) is 8.50.